The van der Waals surface area contributed by atoms with E-state index in [1.807, 2.05) is 36.4 Å². The van der Waals surface area contributed by atoms with E-state index in [-0.39, 0.29) is 5.78 Å². The lowest BCUT2D eigenvalue weighted by atomic mass is 9.95. The predicted octanol–water partition coefficient (Wildman–Crippen LogP) is 3.36. The fourth-order valence-corrected chi connectivity index (χ4v) is 3.29. The number of ketones is 1. The summed E-state index contributed by atoms with van der Waals surface area (Å²) in [6.45, 7) is 0.617. The van der Waals surface area contributed by atoms with Gasteiger partial charge in [0, 0.05) is 33.2 Å². The summed E-state index contributed by atoms with van der Waals surface area (Å²) in [5, 5.41) is 0. The zero-order chi connectivity index (χ0) is 14.7. The summed E-state index contributed by atoms with van der Waals surface area (Å²) in [7, 11) is 0. The van der Waals surface area contributed by atoms with E-state index < -0.39 is 0 Å². The number of hydrogen-bond acceptors (Lipinski definition) is 3. The molecule has 104 valence electrons. The Bertz CT molecular complexity index is 601. The van der Waals surface area contributed by atoms with Crippen molar-refractivity contribution in [3.05, 3.63) is 67.6 Å². The van der Waals surface area contributed by atoms with Gasteiger partial charge in [-0.05, 0) is 23.3 Å². The van der Waals surface area contributed by atoms with Crippen molar-refractivity contribution in [2.45, 2.75) is 13.1 Å². The third-order valence-electron chi connectivity index (χ3n) is 3.09. The summed E-state index contributed by atoms with van der Waals surface area (Å²) in [4.78, 5) is 12.9. The van der Waals surface area contributed by atoms with Crippen LogP contribution < -0.4 is 11.5 Å². The summed E-state index contributed by atoms with van der Waals surface area (Å²) >= 11 is 6.87. The minimum atomic E-state index is -0.0779. The molecule has 2 aromatic rings. The van der Waals surface area contributed by atoms with Crippen LogP contribution in [-0.2, 0) is 13.1 Å². The van der Waals surface area contributed by atoms with E-state index >= 15 is 0 Å². The Morgan fingerprint density at radius 1 is 0.850 bits per heavy atom. The molecular weight excluding hydrogens is 384 g/mol. The molecule has 0 aliphatic heterocycles. The molecule has 0 aliphatic carbocycles. The van der Waals surface area contributed by atoms with Crippen molar-refractivity contribution in [1.29, 1.82) is 0 Å². The highest BCUT2D eigenvalue weighted by atomic mass is 79.9. The lowest BCUT2D eigenvalue weighted by Gasteiger charge is -2.13. The van der Waals surface area contributed by atoms with Crippen LogP contribution in [0.25, 0.3) is 0 Å². The van der Waals surface area contributed by atoms with Crippen molar-refractivity contribution < 1.29 is 4.79 Å². The summed E-state index contributed by atoms with van der Waals surface area (Å²) in [6, 6.07) is 11.1. The van der Waals surface area contributed by atoms with E-state index in [9.17, 15) is 4.79 Å². The van der Waals surface area contributed by atoms with Crippen molar-refractivity contribution in [1.82, 2.24) is 0 Å². The first kappa shape index (κ1) is 15.4. The molecule has 0 spiro atoms. The highest BCUT2D eigenvalue weighted by molar-refractivity contribution is 9.11. The Morgan fingerprint density at radius 3 is 1.60 bits per heavy atom. The first-order valence-electron chi connectivity index (χ1n) is 6.09. The number of hydrogen-bond donors (Lipinski definition) is 2. The maximum atomic E-state index is 12.9. The summed E-state index contributed by atoms with van der Waals surface area (Å²) in [5.41, 5.74) is 14.3. The maximum absolute atomic E-state index is 12.9. The van der Waals surface area contributed by atoms with Gasteiger partial charge in [-0.3, -0.25) is 4.79 Å². The lowest BCUT2D eigenvalue weighted by molar-refractivity contribution is 0.103. The van der Waals surface area contributed by atoms with Crippen molar-refractivity contribution in [3.63, 3.8) is 0 Å². The predicted molar refractivity (Wildman–Crippen MR) is 87.5 cm³/mol. The molecule has 0 amide bonds. The first-order valence-corrected chi connectivity index (χ1v) is 7.68. The molecular formula is C15H14Br2N2O. The monoisotopic (exact) mass is 396 g/mol. The van der Waals surface area contributed by atoms with Gasteiger partial charge in [-0.15, -0.1) is 0 Å². The van der Waals surface area contributed by atoms with Gasteiger partial charge in [-0.1, -0.05) is 56.1 Å². The molecule has 3 nitrogen and oxygen atoms in total. The van der Waals surface area contributed by atoms with Crippen LogP contribution in [0.15, 0.2) is 45.3 Å². The first-order chi connectivity index (χ1) is 9.60. The number of nitrogens with two attached hydrogens (primary N) is 2. The van der Waals surface area contributed by atoms with Gasteiger partial charge in [-0.2, -0.15) is 0 Å². The van der Waals surface area contributed by atoms with Crippen molar-refractivity contribution >= 4 is 37.6 Å². The molecule has 20 heavy (non-hydrogen) atoms. The Hall–Kier alpha value is -1.01. The van der Waals surface area contributed by atoms with Gasteiger partial charge in [0.1, 0.15) is 0 Å². The zero-order valence-corrected chi connectivity index (χ0v) is 13.9. The molecule has 0 atom stereocenters. The van der Waals surface area contributed by atoms with Gasteiger partial charge in [0.15, 0.2) is 5.78 Å². The largest absolute Gasteiger partial charge is 0.326 e. The fraction of sp³-hybridized carbons (Fsp3) is 0.133. The van der Waals surface area contributed by atoms with Crippen LogP contribution in [0.4, 0.5) is 0 Å². The summed E-state index contributed by atoms with van der Waals surface area (Å²) < 4.78 is 1.48. The van der Waals surface area contributed by atoms with E-state index in [2.05, 4.69) is 31.9 Å². The highest BCUT2D eigenvalue weighted by Crippen LogP contribution is 2.29. The maximum Gasteiger partial charge on any atom is 0.195 e. The molecule has 0 heterocycles. The molecule has 0 radical (unpaired) electrons. The standard InChI is InChI=1S/C15H14Br2N2O/c16-11-5-1-3-9(7-18)13(11)15(20)14-10(8-19)4-2-6-12(14)17/h1-6H,7-8,18-19H2. The molecule has 0 aliphatic rings. The number of carbonyl (C=O) groups is 1. The fourth-order valence-electron chi connectivity index (χ4n) is 2.11. The van der Waals surface area contributed by atoms with Gasteiger partial charge in [0.2, 0.25) is 0 Å². The quantitative estimate of drug-likeness (QED) is 0.777. The Balaban J connectivity index is 2.64. The van der Waals surface area contributed by atoms with Crippen molar-refractivity contribution in [3.8, 4) is 0 Å². The second-order valence-electron chi connectivity index (χ2n) is 4.29. The average Bonchev–Trinajstić information content (AvgIpc) is 2.45. The zero-order valence-electron chi connectivity index (χ0n) is 10.7. The van der Waals surface area contributed by atoms with Gasteiger partial charge in [0.05, 0.1) is 0 Å². The molecule has 0 saturated heterocycles. The van der Waals surface area contributed by atoms with Crippen molar-refractivity contribution in [2.75, 3.05) is 0 Å². The Kier molecular flexibility index (Phi) is 5.10. The van der Waals surface area contributed by atoms with E-state index in [4.69, 9.17) is 11.5 Å². The lowest BCUT2D eigenvalue weighted by Crippen LogP contribution is -2.14. The normalized spacial score (nSPS) is 10.6. The molecule has 0 bridgehead atoms. The average molecular weight is 398 g/mol. The van der Waals surface area contributed by atoms with Crippen LogP contribution in [0, 0.1) is 0 Å². The summed E-state index contributed by atoms with van der Waals surface area (Å²) in [6.07, 6.45) is 0. The number of carbonyl (C=O) groups excluding carboxylic acids is 1. The van der Waals surface area contributed by atoms with E-state index in [1.165, 1.54) is 0 Å². The SMILES string of the molecule is NCc1cccc(Br)c1C(=O)c1c(Br)cccc1CN. The number of rotatable bonds is 4. The molecule has 2 aromatic carbocycles. The minimum Gasteiger partial charge on any atom is -0.326 e. The van der Waals surface area contributed by atoms with E-state index in [0.717, 1.165) is 20.1 Å². The molecule has 2 rings (SSSR count). The van der Waals surface area contributed by atoms with Gasteiger partial charge < -0.3 is 11.5 Å². The van der Waals surface area contributed by atoms with Gasteiger partial charge >= 0.3 is 0 Å². The molecule has 0 saturated carbocycles. The third-order valence-corrected chi connectivity index (χ3v) is 4.42. The van der Waals surface area contributed by atoms with Crippen LogP contribution in [-0.4, -0.2) is 5.78 Å². The Morgan fingerprint density at radius 2 is 1.25 bits per heavy atom. The van der Waals surface area contributed by atoms with Crippen LogP contribution in [0.2, 0.25) is 0 Å². The van der Waals surface area contributed by atoms with Crippen molar-refractivity contribution in [2.24, 2.45) is 11.5 Å². The Labute approximate surface area is 134 Å². The highest BCUT2D eigenvalue weighted by Gasteiger charge is 2.20. The van der Waals surface area contributed by atoms with Crippen LogP contribution in [0.5, 0.6) is 0 Å². The van der Waals surface area contributed by atoms with Gasteiger partial charge in [-0.25, -0.2) is 0 Å². The minimum absolute atomic E-state index is 0.0779. The van der Waals surface area contributed by atoms with Crippen LogP contribution in [0.1, 0.15) is 27.0 Å². The topological polar surface area (TPSA) is 69.1 Å². The molecule has 4 N–H and O–H groups in total. The molecule has 0 fully saturated rings. The van der Waals surface area contributed by atoms with E-state index in [0.29, 0.717) is 24.2 Å². The smallest absolute Gasteiger partial charge is 0.195 e. The second kappa shape index (κ2) is 6.63. The number of halogens is 2. The van der Waals surface area contributed by atoms with E-state index in [1.54, 1.807) is 0 Å². The number of benzene rings is 2. The third kappa shape index (κ3) is 2.86. The van der Waals surface area contributed by atoms with Crippen LogP contribution >= 0.6 is 31.9 Å². The molecule has 0 aromatic heterocycles. The van der Waals surface area contributed by atoms with Gasteiger partial charge in [0.25, 0.3) is 0 Å². The van der Waals surface area contributed by atoms with Crippen LogP contribution in [0.3, 0.4) is 0 Å². The second-order valence-corrected chi connectivity index (χ2v) is 5.99. The molecule has 0 unspecified atom stereocenters. The molecule has 5 heteroatoms. The summed E-state index contributed by atoms with van der Waals surface area (Å²) in [5.74, 6) is -0.0779.